The van der Waals surface area contributed by atoms with E-state index in [0.29, 0.717) is 37.0 Å². The zero-order valence-electron chi connectivity index (χ0n) is 20.3. The van der Waals surface area contributed by atoms with Crippen molar-refractivity contribution in [2.24, 2.45) is 5.92 Å². The molecule has 2 aromatic heterocycles. The number of aromatic nitrogens is 2. The van der Waals surface area contributed by atoms with E-state index >= 15 is 0 Å². The average molecular weight is 509 g/mol. The van der Waals surface area contributed by atoms with Gasteiger partial charge < -0.3 is 14.4 Å². The second-order valence-electron chi connectivity index (χ2n) is 10.0. The number of likely N-dealkylation sites (tertiary alicyclic amines) is 1. The van der Waals surface area contributed by atoms with Gasteiger partial charge in [0.05, 0.1) is 27.2 Å². The number of methoxy groups -OCH3 is 1. The van der Waals surface area contributed by atoms with E-state index in [0.717, 1.165) is 22.8 Å². The van der Waals surface area contributed by atoms with Crippen LogP contribution in [0.3, 0.4) is 0 Å². The quantitative estimate of drug-likeness (QED) is 0.545. The van der Waals surface area contributed by atoms with Crippen molar-refractivity contribution in [3.05, 3.63) is 29.2 Å². The molecule has 0 aromatic carbocycles. The Balaban J connectivity index is 1.49. The second-order valence-corrected chi connectivity index (χ2v) is 12.4. The molecule has 1 amide bonds. The lowest BCUT2D eigenvalue weighted by Crippen LogP contribution is -2.58. The Morgan fingerprint density at radius 1 is 1.24 bits per heavy atom. The van der Waals surface area contributed by atoms with Crippen LogP contribution in [0.15, 0.2) is 18.5 Å². The molecule has 2 aliphatic rings. The van der Waals surface area contributed by atoms with Crippen LogP contribution in [-0.4, -0.2) is 62.1 Å². The Labute approximate surface area is 208 Å². The van der Waals surface area contributed by atoms with Gasteiger partial charge in [0.1, 0.15) is 11.3 Å². The molecule has 2 aromatic rings. The lowest BCUT2D eigenvalue weighted by molar-refractivity contribution is -0.153. The third-order valence-electron chi connectivity index (χ3n) is 6.54. The molecule has 2 atom stereocenters. The molecule has 34 heavy (non-hydrogen) atoms. The van der Waals surface area contributed by atoms with Crippen molar-refractivity contribution in [1.82, 2.24) is 19.6 Å². The van der Waals surface area contributed by atoms with E-state index in [1.54, 1.807) is 25.6 Å². The number of ether oxygens (including phenoxy) is 2. The summed E-state index contributed by atoms with van der Waals surface area (Å²) in [5, 5.41) is 1.99. The van der Waals surface area contributed by atoms with Gasteiger partial charge in [-0.2, -0.15) is 0 Å². The third kappa shape index (κ3) is 5.22. The molecule has 1 saturated carbocycles. The summed E-state index contributed by atoms with van der Waals surface area (Å²) in [5.74, 6) is 0.648. The van der Waals surface area contributed by atoms with Gasteiger partial charge in [0.2, 0.25) is 11.8 Å². The van der Waals surface area contributed by atoms with Crippen molar-refractivity contribution >= 4 is 39.3 Å². The zero-order valence-corrected chi connectivity index (χ0v) is 21.9. The van der Waals surface area contributed by atoms with Crippen molar-refractivity contribution in [3.8, 4) is 5.88 Å². The first-order valence-electron chi connectivity index (χ1n) is 11.7. The maximum Gasteiger partial charge on any atom is 0.226 e. The van der Waals surface area contributed by atoms with E-state index in [2.05, 4.69) is 14.7 Å². The number of hydrogen-bond acceptors (Lipinski definition) is 6. The summed E-state index contributed by atoms with van der Waals surface area (Å²) in [7, 11) is 0.438. The number of rotatable bonds is 8. The lowest BCUT2D eigenvalue weighted by atomic mass is 9.80. The van der Waals surface area contributed by atoms with Crippen molar-refractivity contribution in [3.63, 3.8) is 0 Å². The number of carbonyl (C=O) groups excluding carboxylic acids is 1. The minimum atomic E-state index is -1.24. The van der Waals surface area contributed by atoms with Crippen LogP contribution >= 0.6 is 11.6 Å². The number of hydrogen-bond donors (Lipinski definition) is 1. The highest BCUT2D eigenvalue weighted by Gasteiger charge is 2.42. The first-order valence-corrected chi connectivity index (χ1v) is 13.2. The van der Waals surface area contributed by atoms with Gasteiger partial charge in [-0.25, -0.2) is 18.9 Å². The Kier molecular flexibility index (Phi) is 7.47. The van der Waals surface area contributed by atoms with Crippen LogP contribution in [0, 0.1) is 5.92 Å². The van der Waals surface area contributed by atoms with Gasteiger partial charge in [-0.15, -0.1) is 0 Å². The minimum Gasteiger partial charge on any atom is -0.474 e. The average Bonchev–Trinajstić information content (AvgIpc) is 2.72. The van der Waals surface area contributed by atoms with Gasteiger partial charge in [-0.05, 0) is 57.0 Å². The maximum atomic E-state index is 12.7. The van der Waals surface area contributed by atoms with E-state index < -0.39 is 15.7 Å². The number of nitrogens with one attached hydrogen (secondary N) is 1. The van der Waals surface area contributed by atoms with Crippen LogP contribution in [0.2, 0.25) is 5.15 Å². The summed E-state index contributed by atoms with van der Waals surface area (Å²) in [6, 6.07) is 1.63. The number of amides is 1. The van der Waals surface area contributed by atoms with Gasteiger partial charge in [-0.1, -0.05) is 18.5 Å². The second kappa shape index (κ2) is 10.0. The van der Waals surface area contributed by atoms with Crippen molar-refractivity contribution in [2.45, 2.75) is 70.0 Å². The number of halogens is 1. The molecular weight excluding hydrogens is 476 g/mol. The molecule has 0 spiro atoms. The lowest BCUT2D eigenvalue weighted by Gasteiger charge is -2.43. The Hall–Kier alpha value is -1.81. The SMILES string of the molecule is CCC(N[S@@](=O)C(C)(C)C)c1cnc(OC2CC(C(=O)N3CC(OC)C3)C2)c2cnc(Cl)cc12. The summed E-state index contributed by atoms with van der Waals surface area (Å²) in [6.45, 7) is 9.19. The predicted octanol–water partition coefficient (Wildman–Crippen LogP) is 3.80. The molecule has 8 nitrogen and oxygen atoms in total. The fourth-order valence-electron chi connectivity index (χ4n) is 4.20. The van der Waals surface area contributed by atoms with Gasteiger partial charge in [0.25, 0.3) is 0 Å². The van der Waals surface area contributed by atoms with Crippen LogP contribution in [0.1, 0.15) is 58.6 Å². The molecule has 1 unspecified atom stereocenters. The van der Waals surface area contributed by atoms with E-state index in [4.69, 9.17) is 21.1 Å². The molecule has 1 aliphatic heterocycles. The molecule has 0 radical (unpaired) electrons. The first kappa shape index (κ1) is 25.3. The highest BCUT2D eigenvalue weighted by molar-refractivity contribution is 7.84. The number of pyridine rings is 2. The summed E-state index contributed by atoms with van der Waals surface area (Å²) in [5.41, 5.74) is 0.902. The van der Waals surface area contributed by atoms with E-state index in [-0.39, 0.29) is 30.1 Å². The van der Waals surface area contributed by atoms with E-state index in [9.17, 15) is 9.00 Å². The number of carbonyl (C=O) groups is 1. The Bertz CT molecular complexity index is 1080. The Morgan fingerprint density at radius 2 is 1.94 bits per heavy atom. The molecule has 10 heteroatoms. The van der Waals surface area contributed by atoms with Gasteiger partial charge >= 0.3 is 0 Å². The first-order chi connectivity index (χ1) is 16.1. The molecular formula is C24H33ClN4O4S. The third-order valence-corrected chi connectivity index (χ3v) is 8.36. The molecule has 186 valence electrons. The largest absolute Gasteiger partial charge is 0.474 e. The topological polar surface area (TPSA) is 93.6 Å². The summed E-state index contributed by atoms with van der Waals surface area (Å²) >= 11 is 6.23. The van der Waals surface area contributed by atoms with Gasteiger partial charge in [-0.3, -0.25) is 4.79 Å². The van der Waals surface area contributed by atoms with Gasteiger partial charge in [0.15, 0.2) is 0 Å². The molecule has 1 saturated heterocycles. The van der Waals surface area contributed by atoms with Gasteiger partial charge in [0, 0.05) is 44.6 Å². The predicted molar refractivity (Wildman–Crippen MR) is 133 cm³/mol. The fraction of sp³-hybridized carbons (Fsp3) is 0.625. The van der Waals surface area contributed by atoms with Crippen LogP contribution in [0.5, 0.6) is 5.88 Å². The van der Waals surface area contributed by atoms with Crippen LogP contribution in [0.4, 0.5) is 0 Å². The van der Waals surface area contributed by atoms with Crippen LogP contribution in [-0.2, 0) is 20.5 Å². The minimum absolute atomic E-state index is 0.0121. The molecule has 3 heterocycles. The molecule has 4 rings (SSSR count). The van der Waals surface area contributed by atoms with E-state index in [1.165, 1.54) is 0 Å². The Morgan fingerprint density at radius 3 is 2.56 bits per heavy atom. The van der Waals surface area contributed by atoms with Crippen molar-refractivity contribution < 1.29 is 18.5 Å². The monoisotopic (exact) mass is 508 g/mol. The standard InChI is InChI=1S/C24H33ClN4O4S/c1-6-20(28-34(31)24(2,3)4)18-10-27-22(19-11-26-21(25)9-17(18)19)33-15-7-14(8-15)23(30)29-12-16(13-29)32-5/h9-11,14-16,20,28H,6-8,12-13H2,1-5H3/t14?,15?,20?,34-/m0/s1. The molecule has 1 aliphatic carbocycles. The normalized spacial score (nSPS) is 22.7. The van der Waals surface area contributed by atoms with Crippen LogP contribution < -0.4 is 9.46 Å². The molecule has 0 bridgehead atoms. The summed E-state index contributed by atoms with van der Waals surface area (Å²) in [6.07, 6.45) is 5.59. The van der Waals surface area contributed by atoms with Crippen molar-refractivity contribution in [1.29, 1.82) is 0 Å². The number of nitrogens with zero attached hydrogens (tertiary/aromatic N) is 3. The smallest absolute Gasteiger partial charge is 0.226 e. The maximum absolute atomic E-state index is 12.7. The summed E-state index contributed by atoms with van der Waals surface area (Å²) in [4.78, 5) is 23.3. The molecule has 2 fully saturated rings. The zero-order chi connectivity index (χ0) is 24.6. The summed E-state index contributed by atoms with van der Waals surface area (Å²) < 4.78 is 27.0. The highest BCUT2D eigenvalue weighted by Crippen LogP contribution is 2.37. The molecule has 1 N–H and O–H groups in total. The van der Waals surface area contributed by atoms with Crippen molar-refractivity contribution in [2.75, 3.05) is 20.2 Å². The van der Waals surface area contributed by atoms with E-state index in [1.807, 2.05) is 32.6 Å². The van der Waals surface area contributed by atoms with Crippen LogP contribution in [0.25, 0.3) is 10.8 Å². The number of fused-ring (bicyclic) bond motifs is 1. The fourth-order valence-corrected chi connectivity index (χ4v) is 5.26. The highest BCUT2D eigenvalue weighted by atomic mass is 35.5.